The van der Waals surface area contributed by atoms with E-state index >= 15 is 4.39 Å². The van der Waals surface area contributed by atoms with Gasteiger partial charge in [-0.15, -0.1) is 0 Å². The van der Waals surface area contributed by atoms with E-state index in [2.05, 4.69) is 0 Å². The normalized spacial score (nSPS) is 35.2. The lowest BCUT2D eigenvalue weighted by Crippen LogP contribution is -2.66. The molecule has 4 nitrogen and oxygen atoms in total. The van der Waals surface area contributed by atoms with Gasteiger partial charge in [-0.05, 0) is 92.2 Å². The monoisotopic (exact) mass is 550 g/mol. The Kier molecular flexibility index (Phi) is 6.39. The maximum Gasteiger partial charge on any atom is 0.281 e. The van der Waals surface area contributed by atoms with Gasteiger partial charge in [-0.3, -0.25) is 4.79 Å². The van der Waals surface area contributed by atoms with Gasteiger partial charge < -0.3 is 5.11 Å². The van der Waals surface area contributed by atoms with E-state index in [0.29, 0.717) is 39.0 Å². The Balaban J connectivity index is 1.68. The van der Waals surface area contributed by atoms with Gasteiger partial charge in [0.05, 0.1) is 10.6 Å². The van der Waals surface area contributed by atoms with E-state index in [1.54, 1.807) is 44.2 Å². The summed E-state index contributed by atoms with van der Waals surface area (Å²) in [7, 11) is -3.41. The number of hydrogen-bond acceptors (Lipinski definition) is 4. The van der Waals surface area contributed by atoms with Gasteiger partial charge in [0.25, 0.3) is 5.92 Å². The molecule has 0 amide bonds. The second-order valence-corrected chi connectivity index (χ2v) is 14.5. The van der Waals surface area contributed by atoms with E-state index in [1.165, 1.54) is 0 Å². The molecule has 4 aliphatic carbocycles. The summed E-state index contributed by atoms with van der Waals surface area (Å²) in [5, 5.41) is 11.9. The van der Waals surface area contributed by atoms with Gasteiger partial charge >= 0.3 is 0 Å². The number of benzene rings is 1. The quantitative estimate of drug-likeness (QED) is 0.455. The molecule has 6 unspecified atom stereocenters. The average molecular weight is 551 g/mol. The van der Waals surface area contributed by atoms with Crippen molar-refractivity contribution in [2.45, 2.75) is 101 Å². The summed E-state index contributed by atoms with van der Waals surface area (Å²) >= 11 is 0. The summed E-state index contributed by atoms with van der Waals surface area (Å²) in [6, 6.07) is 6.69. The molecule has 0 spiro atoms. The van der Waals surface area contributed by atoms with E-state index < -0.39 is 32.4 Å². The number of sulfone groups is 1. The average Bonchev–Trinajstić information content (AvgIpc) is 3.14. The van der Waals surface area contributed by atoms with Crippen molar-refractivity contribution in [1.82, 2.24) is 0 Å². The summed E-state index contributed by atoms with van der Waals surface area (Å²) in [6.07, 6.45) is 4.80. The molecular weight excluding hydrogens is 513 g/mol. The fourth-order valence-electron chi connectivity index (χ4n) is 8.17. The topological polar surface area (TPSA) is 71.4 Å². The second-order valence-electron chi connectivity index (χ2n) is 12.3. The minimum Gasteiger partial charge on any atom is -0.386 e. The van der Waals surface area contributed by atoms with Crippen molar-refractivity contribution in [3.05, 3.63) is 52.6 Å². The first kappa shape index (κ1) is 27.6. The molecule has 2 saturated carbocycles. The van der Waals surface area contributed by atoms with Crippen LogP contribution in [0.3, 0.4) is 0 Å². The molecule has 0 heterocycles. The zero-order chi connectivity index (χ0) is 27.9. The molecule has 5 rings (SSSR count). The number of halogens is 3. The number of hydrogen-bond donors (Lipinski definition) is 1. The fraction of sp³-hybridized carbons (Fsp3) is 0.633. The van der Waals surface area contributed by atoms with E-state index in [0.717, 1.165) is 29.2 Å². The number of rotatable bonds is 5. The van der Waals surface area contributed by atoms with Crippen molar-refractivity contribution < 1.29 is 31.5 Å². The minimum atomic E-state index is -3.74. The standard InChI is InChI=1S/C30H37F3O4S/c1-5-38(36,37)21-10-6-18(7-11-21)24-17-27(2)25(14-15-30(27,35)28(3,31)29(4,32)33)23-12-8-19-16-20(34)9-13-22(19)26(23)24/h6-7,10-11,16,23-25,35H,5,8-9,12-15,17H2,1-4H3. The smallest absolute Gasteiger partial charge is 0.281 e. The molecular formula is C30H37F3O4S. The number of aliphatic hydroxyl groups is 1. The summed E-state index contributed by atoms with van der Waals surface area (Å²) < 4.78 is 70.3. The fourth-order valence-corrected chi connectivity index (χ4v) is 9.06. The van der Waals surface area contributed by atoms with Gasteiger partial charge in [0.15, 0.2) is 21.3 Å². The van der Waals surface area contributed by atoms with Crippen LogP contribution in [0.25, 0.3) is 0 Å². The second kappa shape index (κ2) is 8.79. The van der Waals surface area contributed by atoms with Crippen LogP contribution in [-0.2, 0) is 14.6 Å². The Bertz CT molecular complexity index is 1320. The molecule has 0 radical (unpaired) electrons. The number of alkyl halides is 3. The zero-order valence-electron chi connectivity index (χ0n) is 22.5. The summed E-state index contributed by atoms with van der Waals surface area (Å²) in [6.45, 7) is 4.73. The molecule has 208 valence electrons. The van der Waals surface area contributed by atoms with Crippen LogP contribution >= 0.6 is 0 Å². The van der Waals surface area contributed by atoms with Crippen LogP contribution in [0.4, 0.5) is 13.2 Å². The lowest BCUT2D eigenvalue weighted by molar-refractivity contribution is -0.252. The van der Waals surface area contributed by atoms with Crippen LogP contribution in [0, 0.1) is 17.3 Å². The molecule has 8 heteroatoms. The molecule has 2 fully saturated rings. The third kappa shape index (κ3) is 3.80. The van der Waals surface area contributed by atoms with Crippen LogP contribution in [0.15, 0.2) is 52.0 Å². The number of fused-ring (bicyclic) bond motifs is 4. The van der Waals surface area contributed by atoms with Gasteiger partial charge in [-0.1, -0.05) is 31.6 Å². The number of allylic oxidation sites excluding steroid dienone is 4. The third-order valence-corrected chi connectivity index (χ3v) is 12.3. The predicted octanol–water partition coefficient (Wildman–Crippen LogP) is 6.49. The van der Waals surface area contributed by atoms with E-state index in [-0.39, 0.29) is 47.0 Å². The van der Waals surface area contributed by atoms with Gasteiger partial charge in [-0.25, -0.2) is 21.6 Å². The Labute approximate surface area is 223 Å². The first-order chi connectivity index (χ1) is 17.6. The summed E-state index contributed by atoms with van der Waals surface area (Å²) in [4.78, 5) is 12.4. The van der Waals surface area contributed by atoms with Crippen LogP contribution < -0.4 is 0 Å². The van der Waals surface area contributed by atoms with Gasteiger partial charge in [0, 0.05) is 24.7 Å². The summed E-state index contributed by atoms with van der Waals surface area (Å²) in [5.74, 6) is -4.19. The molecule has 6 atom stereocenters. The van der Waals surface area contributed by atoms with E-state index in [9.17, 15) is 27.1 Å². The van der Waals surface area contributed by atoms with Crippen molar-refractivity contribution in [1.29, 1.82) is 0 Å². The molecule has 1 N–H and O–H groups in total. The Morgan fingerprint density at radius 3 is 2.32 bits per heavy atom. The lowest BCUT2D eigenvalue weighted by Gasteiger charge is -2.57. The van der Waals surface area contributed by atoms with Gasteiger partial charge in [0.2, 0.25) is 0 Å². The SMILES string of the molecule is CCS(=O)(=O)c1ccc(C2CC3(C)C(CCC3(O)C(C)(F)C(C)(F)F)C3CCC4=CC(=O)CCC4=C23)cc1. The number of ketones is 1. The highest BCUT2D eigenvalue weighted by Crippen LogP contribution is 2.70. The van der Waals surface area contributed by atoms with Crippen LogP contribution in [0.2, 0.25) is 0 Å². The first-order valence-electron chi connectivity index (χ1n) is 13.7. The lowest BCUT2D eigenvalue weighted by atomic mass is 9.49. The van der Waals surface area contributed by atoms with Gasteiger partial charge in [0.1, 0.15) is 5.60 Å². The molecule has 0 bridgehead atoms. The zero-order valence-corrected chi connectivity index (χ0v) is 23.3. The maximum absolute atomic E-state index is 16.1. The van der Waals surface area contributed by atoms with Crippen LogP contribution in [0.5, 0.6) is 0 Å². The van der Waals surface area contributed by atoms with Crippen LogP contribution in [0.1, 0.15) is 84.1 Å². The molecule has 38 heavy (non-hydrogen) atoms. The Hall–Kier alpha value is -1.93. The maximum atomic E-state index is 16.1. The molecule has 0 aromatic heterocycles. The third-order valence-electron chi connectivity index (χ3n) is 10.5. The summed E-state index contributed by atoms with van der Waals surface area (Å²) in [5.41, 5.74) is -2.35. The van der Waals surface area contributed by atoms with E-state index in [1.807, 2.05) is 0 Å². The van der Waals surface area contributed by atoms with Gasteiger partial charge in [-0.2, -0.15) is 0 Å². The Morgan fingerprint density at radius 2 is 1.71 bits per heavy atom. The van der Waals surface area contributed by atoms with Crippen molar-refractivity contribution in [2.24, 2.45) is 17.3 Å². The van der Waals surface area contributed by atoms with E-state index in [4.69, 9.17) is 0 Å². The molecule has 0 aliphatic heterocycles. The molecule has 0 saturated heterocycles. The molecule has 1 aromatic carbocycles. The first-order valence-corrected chi connectivity index (χ1v) is 15.3. The molecule has 4 aliphatic rings. The van der Waals surface area contributed by atoms with Crippen molar-refractivity contribution in [2.75, 3.05) is 5.75 Å². The van der Waals surface area contributed by atoms with Crippen molar-refractivity contribution in [3.8, 4) is 0 Å². The van der Waals surface area contributed by atoms with Crippen molar-refractivity contribution >= 4 is 15.6 Å². The highest BCUT2D eigenvalue weighted by Gasteiger charge is 2.73. The number of carbonyl (C=O) groups excluding carboxylic acids is 1. The van der Waals surface area contributed by atoms with Crippen molar-refractivity contribution in [3.63, 3.8) is 0 Å². The largest absolute Gasteiger partial charge is 0.386 e. The number of carbonyl (C=O) groups is 1. The Morgan fingerprint density at radius 1 is 1.05 bits per heavy atom. The molecule has 1 aromatic rings. The van der Waals surface area contributed by atoms with Crippen LogP contribution in [-0.4, -0.2) is 42.3 Å². The highest BCUT2D eigenvalue weighted by atomic mass is 32.2. The predicted molar refractivity (Wildman–Crippen MR) is 140 cm³/mol. The highest BCUT2D eigenvalue weighted by molar-refractivity contribution is 7.91. The minimum absolute atomic E-state index is 0.0254.